The van der Waals surface area contributed by atoms with Crippen LogP contribution in [-0.4, -0.2) is 34.3 Å². The second kappa shape index (κ2) is 6.46. The molecule has 1 amide bonds. The number of aryl methyl sites for hydroxylation is 1. The zero-order valence-corrected chi connectivity index (χ0v) is 12.6. The van der Waals surface area contributed by atoms with Crippen molar-refractivity contribution in [3.63, 3.8) is 0 Å². The molecule has 0 spiro atoms. The van der Waals surface area contributed by atoms with Gasteiger partial charge in [0.2, 0.25) is 0 Å². The lowest BCUT2D eigenvalue weighted by molar-refractivity contribution is -0.249. The smallest absolute Gasteiger partial charge is 0.397 e. The van der Waals surface area contributed by atoms with Gasteiger partial charge in [0, 0.05) is 0 Å². The Morgan fingerprint density at radius 1 is 1.29 bits per heavy atom. The molecule has 1 aromatic rings. The van der Waals surface area contributed by atoms with E-state index in [1.807, 2.05) is 0 Å². The lowest BCUT2D eigenvalue weighted by Crippen LogP contribution is -2.51. The molecule has 5 nitrogen and oxygen atoms in total. The molecule has 1 unspecified atom stereocenters. The number of amides is 1. The molecule has 1 rings (SSSR count). The summed E-state index contributed by atoms with van der Waals surface area (Å²) in [7, 11) is 0. The molecule has 0 bridgehead atoms. The number of alkyl halides is 6. The third kappa shape index (κ3) is 4.28. The van der Waals surface area contributed by atoms with Gasteiger partial charge in [0.1, 0.15) is 0 Å². The SMILES string of the molecule is CCc1nc(C(=O)NCC(C)(O)C(F)(F)F)c(N)cc1C(F)(F)F. The Kier molecular flexibility index (Phi) is 5.38. The molecule has 0 aromatic carbocycles. The number of anilines is 1. The molecule has 4 N–H and O–H groups in total. The minimum atomic E-state index is -5.01. The fourth-order valence-electron chi connectivity index (χ4n) is 1.70. The summed E-state index contributed by atoms with van der Waals surface area (Å²) < 4.78 is 76.0. The largest absolute Gasteiger partial charge is 0.418 e. The monoisotopic (exact) mass is 359 g/mol. The Hall–Kier alpha value is -2.04. The quantitative estimate of drug-likeness (QED) is 0.720. The lowest BCUT2D eigenvalue weighted by Gasteiger charge is -2.26. The van der Waals surface area contributed by atoms with E-state index in [1.165, 1.54) is 6.92 Å². The maximum absolute atomic E-state index is 12.8. The second-order valence-electron chi connectivity index (χ2n) is 5.23. The topological polar surface area (TPSA) is 88.2 Å². The van der Waals surface area contributed by atoms with Gasteiger partial charge >= 0.3 is 12.4 Å². The van der Waals surface area contributed by atoms with Gasteiger partial charge in [-0.3, -0.25) is 4.79 Å². The van der Waals surface area contributed by atoms with E-state index < -0.39 is 53.0 Å². The number of aliphatic hydroxyl groups is 1. The van der Waals surface area contributed by atoms with Crippen LogP contribution in [0.2, 0.25) is 0 Å². The summed E-state index contributed by atoms with van der Waals surface area (Å²) in [4.78, 5) is 15.4. The first-order valence-electron chi connectivity index (χ1n) is 6.64. The summed E-state index contributed by atoms with van der Waals surface area (Å²) in [6, 6.07) is 0.503. The molecule has 0 saturated carbocycles. The van der Waals surface area contributed by atoms with E-state index in [-0.39, 0.29) is 6.42 Å². The molecule has 24 heavy (non-hydrogen) atoms. The highest BCUT2D eigenvalue weighted by Crippen LogP contribution is 2.34. The van der Waals surface area contributed by atoms with E-state index in [2.05, 4.69) is 4.98 Å². The number of halogens is 6. The summed E-state index contributed by atoms with van der Waals surface area (Å²) in [5.41, 5.74) is -0.720. The van der Waals surface area contributed by atoms with Crippen LogP contribution in [0.15, 0.2) is 6.07 Å². The highest BCUT2D eigenvalue weighted by atomic mass is 19.4. The Labute approximate surface area is 132 Å². The third-order valence-electron chi connectivity index (χ3n) is 3.19. The van der Waals surface area contributed by atoms with Gasteiger partial charge in [-0.2, -0.15) is 26.3 Å². The summed E-state index contributed by atoms with van der Waals surface area (Å²) in [5.74, 6) is -1.22. The van der Waals surface area contributed by atoms with Gasteiger partial charge < -0.3 is 16.2 Å². The molecule has 0 aliphatic rings. The highest BCUT2D eigenvalue weighted by molar-refractivity contribution is 5.97. The average Bonchev–Trinajstić information content (AvgIpc) is 2.42. The van der Waals surface area contributed by atoms with E-state index in [1.54, 1.807) is 5.32 Å². The third-order valence-corrected chi connectivity index (χ3v) is 3.19. The number of carbonyl (C=O) groups excluding carboxylic acids is 1. The molecule has 136 valence electrons. The van der Waals surface area contributed by atoms with E-state index >= 15 is 0 Å². The van der Waals surface area contributed by atoms with Crippen LogP contribution >= 0.6 is 0 Å². The van der Waals surface area contributed by atoms with Gasteiger partial charge in [-0.15, -0.1) is 0 Å². The second-order valence-corrected chi connectivity index (χ2v) is 5.23. The Morgan fingerprint density at radius 2 is 1.83 bits per heavy atom. The summed E-state index contributed by atoms with van der Waals surface area (Å²) in [5, 5.41) is 11.0. The minimum absolute atomic E-state index is 0.171. The Balaban J connectivity index is 3.09. The lowest BCUT2D eigenvalue weighted by atomic mass is 10.1. The Morgan fingerprint density at radius 3 is 2.25 bits per heavy atom. The molecule has 0 aliphatic heterocycles. The maximum Gasteiger partial charge on any atom is 0.418 e. The number of pyridine rings is 1. The first kappa shape index (κ1) is 20.0. The minimum Gasteiger partial charge on any atom is -0.397 e. The number of aromatic nitrogens is 1. The van der Waals surface area contributed by atoms with Crippen LogP contribution in [0.3, 0.4) is 0 Å². The van der Waals surface area contributed by atoms with Crippen molar-refractivity contribution in [2.75, 3.05) is 12.3 Å². The van der Waals surface area contributed by atoms with Crippen LogP contribution in [0.5, 0.6) is 0 Å². The highest BCUT2D eigenvalue weighted by Gasteiger charge is 2.50. The number of nitrogens with two attached hydrogens (primary N) is 1. The molecule has 0 fully saturated rings. The van der Waals surface area contributed by atoms with Crippen LogP contribution < -0.4 is 11.1 Å². The zero-order valence-electron chi connectivity index (χ0n) is 12.6. The van der Waals surface area contributed by atoms with Crippen molar-refractivity contribution in [3.8, 4) is 0 Å². The van der Waals surface area contributed by atoms with Crippen molar-refractivity contribution >= 4 is 11.6 Å². The number of carbonyl (C=O) groups is 1. The van der Waals surface area contributed by atoms with Crippen molar-refractivity contribution in [2.24, 2.45) is 0 Å². The summed E-state index contributed by atoms with van der Waals surface area (Å²) >= 11 is 0. The molecular weight excluding hydrogens is 344 g/mol. The van der Waals surface area contributed by atoms with Crippen molar-refractivity contribution in [3.05, 3.63) is 23.0 Å². The van der Waals surface area contributed by atoms with Crippen LogP contribution in [0.1, 0.15) is 35.6 Å². The van der Waals surface area contributed by atoms with Gasteiger partial charge in [-0.05, 0) is 19.4 Å². The maximum atomic E-state index is 12.8. The number of nitrogen functional groups attached to an aromatic ring is 1. The number of hydrogen-bond acceptors (Lipinski definition) is 4. The molecular formula is C13H15F6N3O2. The van der Waals surface area contributed by atoms with Crippen molar-refractivity contribution in [1.29, 1.82) is 0 Å². The van der Waals surface area contributed by atoms with E-state index in [0.29, 0.717) is 13.0 Å². The van der Waals surface area contributed by atoms with Crippen molar-refractivity contribution in [2.45, 2.75) is 38.2 Å². The average molecular weight is 359 g/mol. The molecule has 11 heteroatoms. The standard InChI is InChI=1S/C13H15F6N3O2/c1-3-8-6(12(14,15)16)4-7(20)9(22-8)10(23)21-5-11(2,24)13(17,18)19/h4,24H,3,5,20H2,1-2H3,(H,21,23). The van der Waals surface area contributed by atoms with Crippen molar-refractivity contribution in [1.82, 2.24) is 10.3 Å². The van der Waals surface area contributed by atoms with E-state index in [0.717, 1.165) is 0 Å². The predicted molar refractivity (Wildman–Crippen MR) is 72.0 cm³/mol. The first-order valence-corrected chi connectivity index (χ1v) is 6.64. The first-order chi connectivity index (χ1) is 10.7. The van der Waals surface area contributed by atoms with E-state index in [4.69, 9.17) is 5.73 Å². The number of nitrogens with one attached hydrogen (secondary N) is 1. The molecule has 1 atom stereocenters. The number of nitrogens with zero attached hydrogens (tertiary/aromatic N) is 1. The van der Waals surface area contributed by atoms with Gasteiger partial charge in [-0.25, -0.2) is 4.98 Å². The van der Waals surface area contributed by atoms with Gasteiger partial charge in [-0.1, -0.05) is 6.92 Å². The summed E-state index contributed by atoms with van der Waals surface area (Å²) in [6.07, 6.45) is -9.91. The van der Waals surface area contributed by atoms with Crippen LogP contribution in [-0.2, 0) is 12.6 Å². The molecule has 0 radical (unpaired) electrons. The molecule has 0 saturated heterocycles. The van der Waals surface area contributed by atoms with Gasteiger partial charge in [0.05, 0.1) is 23.5 Å². The van der Waals surface area contributed by atoms with E-state index in [9.17, 15) is 36.2 Å². The fourth-order valence-corrected chi connectivity index (χ4v) is 1.70. The van der Waals surface area contributed by atoms with Crippen LogP contribution in [0.4, 0.5) is 32.0 Å². The molecule has 0 aliphatic carbocycles. The van der Waals surface area contributed by atoms with Crippen molar-refractivity contribution < 1.29 is 36.2 Å². The summed E-state index contributed by atoms with van der Waals surface area (Å²) in [6.45, 7) is 0.594. The normalized spacial score (nSPS) is 15.0. The zero-order chi connectivity index (χ0) is 18.9. The fraction of sp³-hybridized carbons (Fsp3) is 0.538. The molecule has 1 aromatic heterocycles. The van der Waals surface area contributed by atoms with Crippen LogP contribution in [0, 0.1) is 0 Å². The van der Waals surface area contributed by atoms with Gasteiger partial charge in [0.25, 0.3) is 5.91 Å². The number of hydrogen-bond donors (Lipinski definition) is 3. The van der Waals surface area contributed by atoms with Crippen LogP contribution in [0.25, 0.3) is 0 Å². The molecule has 1 heterocycles. The number of rotatable bonds is 4. The Bertz CT molecular complexity index is 625. The predicted octanol–water partition coefficient (Wildman–Crippen LogP) is 2.29. The van der Waals surface area contributed by atoms with Gasteiger partial charge in [0.15, 0.2) is 11.3 Å².